The maximum atomic E-state index is 14.0. The van der Waals surface area contributed by atoms with Gasteiger partial charge >= 0.3 is 0 Å². The van der Waals surface area contributed by atoms with Gasteiger partial charge in [0, 0.05) is 58.0 Å². The Balaban J connectivity index is 1.26. The molecule has 0 aliphatic carbocycles. The van der Waals surface area contributed by atoms with Crippen LogP contribution in [0.15, 0.2) is 53.4 Å². The van der Waals surface area contributed by atoms with Crippen LogP contribution in [0, 0.1) is 11.6 Å². The van der Waals surface area contributed by atoms with E-state index < -0.39 is 15.8 Å². The highest BCUT2D eigenvalue weighted by atomic mass is 32.2. The Labute approximate surface area is 186 Å². The molecule has 0 bridgehead atoms. The molecule has 2 aromatic carbocycles. The van der Waals surface area contributed by atoms with E-state index in [9.17, 15) is 22.0 Å². The van der Waals surface area contributed by atoms with E-state index in [1.807, 2.05) is 0 Å². The summed E-state index contributed by atoms with van der Waals surface area (Å²) in [6, 6.07) is 11.7. The van der Waals surface area contributed by atoms with Crippen LogP contribution >= 0.6 is 0 Å². The van der Waals surface area contributed by atoms with E-state index in [0.717, 1.165) is 24.8 Å². The van der Waals surface area contributed by atoms with E-state index in [2.05, 4.69) is 9.80 Å². The number of halogens is 2. The van der Waals surface area contributed by atoms with Crippen molar-refractivity contribution in [2.45, 2.75) is 4.90 Å². The Morgan fingerprint density at radius 3 is 2.06 bits per heavy atom. The molecule has 2 fully saturated rings. The molecule has 1 amide bonds. The van der Waals surface area contributed by atoms with Crippen molar-refractivity contribution >= 4 is 21.6 Å². The van der Waals surface area contributed by atoms with Gasteiger partial charge in [0.15, 0.2) is 0 Å². The van der Waals surface area contributed by atoms with E-state index in [-0.39, 0.29) is 49.3 Å². The summed E-state index contributed by atoms with van der Waals surface area (Å²) in [7, 11) is -3.92. The molecule has 0 saturated carbocycles. The Bertz CT molecular complexity index is 1050. The van der Waals surface area contributed by atoms with Gasteiger partial charge in [0.25, 0.3) is 0 Å². The zero-order valence-electron chi connectivity index (χ0n) is 17.7. The maximum absolute atomic E-state index is 14.0. The monoisotopic (exact) mass is 464 g/mol. The lowest BCUT2D eigenvalue weighted by Crippen LogP contribution is -2.54. The van der Waals surface area contributed by atoms with Crippen molar-refractivity contribution in [3.8, 4) is 0 Å². The van der Waals surface area contributed by atoms with Gasteiger partial charge in [-0.3, -0.25) is 9.69 Å². The predicted octanol–water partition coefficient (Wildman–Crippen LogP) is 1.62. The fourth-order valence-corrected chi connectivity index (χ4v) is 5.57. The average molecular weight is 465 g/mol. The highest BCUT2D eigenvalue weighted by molar-refractivity contribution is 7.89. The zero-order valence-corrected chi connectivity index (χ0v) is 18.5. The summed E-state index contributed by atoms with van der Waals surface area (Å²) < 4.78 is 53.7. The van der Waals surface area contributed by atoms with Gasteiger partial charge in [0.2, 0.25) is 15.9 Å². The van der Waals surface area contributed by atoms with Gasteiger partial charge in [0.1, 0.15) is 16.5 Å². The second-order valence-electron chi connectivity index (χ2n) is 7.95. The van der Waals surface area contributed by atoms with Gasteiger partial charge < -0.3 is 9.80 Å². The van der Waals surface area contributed by atoms with Crippen LogP contribution in [0.4, 0.5) is 14.5 Å². The summed E-state index contributed by atoms with van der Waals surface area (Å²) in [5.74, 6) is -1.08. The molecule has 2 aliphatic rings. The molecular weight excluding hydrogens is 438 g/mol. The first kappa shape index (κ1) is 22.6. The van der Waals surface area contributed by atoms with Crippen molar-refractivity contribution in [3.05, 3.63) is 60.2 Å². The Morgan fingerprint density at radius 1 is 0.812 bits per heavy atom. The van der Waals surface area contributed by atoms with Gasteiger partial charge in [-0.1, -0.05) is 12.1 Å². The molecule has 4 rings (SSSR count). The summed E-state index contributed by atoms with van der Waals surface area (Å²) in [6.45, 7) is 4.03. The fourth-order valence-electron chi connectivity index (χ4n) is 4.08. The minimum absolute atomic E-state index is 0.0387. The average Bonchev–Trinajstić information content (AvgIpc) is 2.80. The van der Waals surface area contributed by atoms with Crippen LogP contribution in [0.2, 0.25) is 0 Å². The standard InChI is InChI=1S/C22H26F2N4O3S/c23-18-5-7-19(8-6-18)26-11-9-25(10-12-26)17-22(29)27-13-15-28(16-14-27)32(30,31)21-4-2-1-3-20(21)24/h1-8H,9-17H2. The molecule has 2 saturated heterocycles. The molecule has 7 nitrogen and oxygen atoms in total. The van der Waals surface area contributed by atoms with Crippen LogP contribution in [0.1, 0.15) is 0 Å². The van der Waals surface area contributed by atoms with Gasteiger partial charge in [-0.2, -0.15) is 4.31 Å². The van der Waals surface area contributed by atoms with Crippen LogP contribution in [0.5, 0.6) is 0 Å². The molecule has 10 heteroatoms. The number of carbonyl (C=O) groups excluding carboxylic acids is 1. The number of rotatable bonds is 5. The summed E-state index contributed by atoms with van der Waals surface area (Å²) in [5.41, 5.74) is 0.963. The van der Waals surface area contributed by atoms with E-state index in [0.29, 0.717) is 13.1 Å². The molecule has 2 aromatic rings. The Morgan fingerprint density at radius 2 is 1.44 bits per heavy atom. The molecule has 0 N–H and O–H groups in total. The molecule has 2 heterocycles. The number of nitrogens with zero attached hydrogens (tertiary/aromatic N) is 4. The van der Waals surface area contributed by atoms with Crippen molar-refractivity contribution in [1.82, 2.24) is 14.1 Å². The van der Waals surface area contributed by atoms with Crippen molar-refractivity contribution in [1.29, 1.82) is 0 Å². The molecular formula is C22H26F2N4O3S. The van der Waals surface area contributed by atoms with Crippen LogP contribution in [0.3, 0.4) is 0 Å². The molecule has 0 atom stereocenters. The smallest absolute Gasteiger partial charge is 0.246 e. The van der Waals surface area contributed by atoms with Crippen molar-refractivity contribution in [3.63, 3.8) is 0 Å². The maximum Gasteiger partial charge on any atom is 0.246 e. The third-order valence-corrected chi connectivity index (χ3v) is 7.90. The highest BCUT2D eigenvalue weighted by Crippen LogP contribution is 2.21. The Kier molecular flexibility index (Phi) is 6.73. The van der Waals surface area contributed by atoms with Crippen LogP contribution in [-0.2, 0) is 14.8 Å². The SMILES string of the molecule is O=C(CN1CCN(c2ccc(F)cc2)CC1)N1CCN(S(=O)(=O)c2ccccc2F)CC1. The van der Waals surface area contributed by atoms with Crippen molar-refractivity contribution in [2.24, 2.45) is 0 Å². The number of carbonyl (C=O) groups is 1. The zero-order chi connectivity index (χ0) is 22.7. The second kappa shape index (κ2) is 9.51. The van der Waals surface area contributed by atoms with Crippen LogP contribution in [0.25, 0.3) is 0 Å². The lowest BCUT2D eigenvalue weighted by atomic mass is 10.2. The number of piperazine rings is 2. The second-order valence-corrected chi connectivity index (χ2v) is 9.86. The molecule has 0 unspecified atom stereocenters. The molecule has 0 aromatic heterocycles. The van der Waals surface area contributed by atoms with E-state index >= 15 is 0 Å². The van der Waals surface area contributed by atoms with Gasteiger partial charge in [-0.25, -0.2) is 17.2 Å². The summed E-state index contributed by atoms with van der Waals surface area (Å²) in [4.78, 5) is 18.3. The first-order valence-corrected chi connectivity index (χ1v) is 12.0. The minimum atomic E-state index is -3.92. The topological polar surface area (TPSA) is 64.2 Å². The third kappa shape index (κ3) is 4.92. The molecule has 0 spiro atoms. The summed E-state index contributed by atoms with van der Waals surface area (Å²) >= 11 is 0. The summed E-state index contributed by atoms with van der Waals surface area (Å²) in [5, 5.41) is 0. The molecule has 2 aliphatic heterocycles. The van der Waals surface area contributed by atoms with E-state index in [1.165, 1.54) is 34.6 Å². The first-order chi connectivity index (χ1) is 15.3. The largest absolute Gasteiger partial charge is 0.369 e. The van der Waals surface area contributed by atoms with E-state index in [4.69, 9.17) is 0 Å². The van der Waals surface area contributed by atoms with Gasteiger partial charge in [-0.15, -0.1) is 0 Å². The lowest BCUT2D eigenvalue weighted by molar-refractivity contribution is -0.133. The summed E-state index contributed by atoms with van der Waals surface area (Å²) in [6.07, 6.45) is 0. The van der Waals surface area contributed by atoms with Crippen molar-refractivity contribution in [2.75, 3.05) is 63.8 Å². The van der Waals surface area contributed by atoms with Gasteiger partial charge in [0.05, 0.1) is 6.54 Å². The number of hydrogen-bond acceptors (Lipinski definition) is 5. The molecule has 172 valence electrons. The quantitative estimate of drug-likeness (QED) is 0.673. The number of anilines is 1. The normalized spacial score (nSPS) is 18.7. The minimum Gasteiger partial charge on any atom is -0.369 e. The first-order valence-electron chi connectivity index (χ1n) is 10.6. The predicted molar refractivity (Wildman–Crippen MR) is 117 cm³/mol. The highest BCUT2D eigenvalue weighted by Gasteiger charge is 2.32. The third-order valence-electron chi connectivity index (χ3n) is 5.97. The Hall–Kier alpha value is -2.56. The molecule has 0 radical (unpaired) electrons. The van der Waals surface area contributed by atoms with Crippen molar-refractivity contribution < 1.29 is 22.0 Å². The van der Waals surface area contributed by atoms with Gasteiger partial charge in [-0.05, 0) is 36.4 Å². The van der Waals surface area contributed by atoms with Crippen LogP contribution in [-0.4, -0.2) is 87.3 Å². The lowest BCUT2D eigenvalue weighted by Gasteiger charge is -2.38. The molecule has 32 heavy (non-hydrogen) atoms. The number of hydrogen-bond donors (Lipinski definition) is 0. The number of benzene rings is 2. The van der Waals surface area contributed by atoms with E-state index in [1.54, 1.807) is 17.0 Å². The van der Waals surface area contributed by atoms with Crippen LogP contribution < -0.4 is 4.90 Å². The number of sulfonamides is 1. The number of amides is 1. The fraction of sp³-hybridized carbons (Fsp3) is 0.409.